The molecule has 3 aromatic rings. The topological polar surface area (TPSA) is 88.5 Å². The van der Waals surface area contributed by atoms with E-state index >= 15 is 0 Å². The lowest BCUT2D eigenvalue weighted by molar-refractivity contribution is -0.116. The molecule has 1 aromatic heterocycles. The van der Waals surface area contributed by atoms with Crippen molar-refractivity contribution in [1.82, 2.24) is 4.57 Å². The Labute approximate surface area is 167 Å². The fraction of sp³-hybridized carbons (Fsp3) is 0.263. The molecule has 0 saturated heterocycles. The van der Waals surface area contributed by atoms with Crippen molar-refractivity contribution >= 4 is 48.9 Å². The zero-order chi connectivity index (χ0) is 20.5. The van der Waals surface area contributed by atoms with E-state index in [1.165, 1.54) is 6.92 Å². The van der Waals surface area contributed by atoms with E-state index in [4.69, 9.17) is 0 Å². The lowest BCUT2D eigenvalue weighted by atomic mass is 10.2. The monoisotopic (exact) mass is 419 g/mol. The molecule has 0 fully saturated rings. The number of aryl methyl sites for hydroxylation is 1. The van der Waals surface area contributed by atoms with Crippen LogP contribution in [-0.4, -0.2) is 31.2 Å². The van der Waals surface area contributed by atoms with Crippen LogP contribution in [0.2, 0.25) is 0 Å². The molecular weight excluding hydrogens is 398 g/mol. The van der Waals surface area contributed by atoms with Crippen molar-refractivity contribution in [3.8, 4) is 0 Å². The SMILES string of the molecule is CCn1c(=O)sc2cc(NC(=O)[C@@H](C)N(c3ccccc3)S(C)(=O)=O)ccc21. The van der Waals surface area contributed by atoms with E-state index in [-0.39, 0.29) is 4.87 Å². The summed E-state index contributed by atoms with van der Waals surface area (Å²) in [5.74, 6) is -0.462. The molecule has 28 heavy (non-hydrogen) atoms. The van der Waals surface area contributed by atoms with E-state index in [2.05, 4.69) is 5.32 Å². The average Bonchev–Trinajstić information content (AvgIpc) is 2.95. The maximum Gasteiger partial charge on any atom is 0.308 e. The molecule has 0 bridgehead atoms. The number of nitrogens with zero attached hydrogens (tertiary/aromatic N) is 2. The summed E-state index contributed by atoms with van der Waals surface area (Å²) in [6.45, 7) is 4.00. The summed E-state index contributed by atoms with van der Waals surface area (Å²) in [6, 6.07) is 12.7. The van der Waals surface area contributed by atoms with Crippen molar-refractivity contribution in [2.45, 2.75) is 26.4 Å². The molecule has 2 aromatic carbocycles. The molecule has 9 heteroatoms. The van der Waals surface area contributed by atoms with Gasteiger partial charge in [0.15, 0.2) is 0 Å². The first-order valence-corrected chi connectivity index (χ1v) is 11.4. The zero-order valence-corrected chi connectivity index (χ0v) is 17.4. The number of hydrogen-bond acceptors (Lipinski definition) is 5. The minimum Gasteiger partial charge on any atom is -0.324 e. The average molecular weight is 420 g/mol. The molecule has 0 spiro atoms. The molecule has 0 unspecified atom stereocenters. The normalized spacial score (nSPS) is 12.7. The molecule has 1 amide bonds. The van der Waals surface area contributed by atoms with Crippen LogP contribution in [0, 0.1) is 0 Å². The maximum atomic E-state index is 12.8. The largest absolute Gasteiger partial charge is 0.324 e. The zero-order valence-electron chi connectivity index (χ0n) is 15.7. The van der Waals surface area contributed by atoms with Crippen LogP contribution < -0.4 is 14.5 Å². The number of thiazole rings is 1. The minimum absolute atomic E-state index is 0.0540. The van der Waals surface area contributed by atoms with Crippen molar-refractivity contribution in [2.24, 2.45) is 0 Å². The summed E-state index contributed by atoms with van der Waals surface area (Å²) in [6.07, 6.45) is 1.07. The molecule has 0 saturated carbocycles. The van der Waals surface area contributed by atoms with Gasteiger partial charge in [-0.25, -0.2) is 8.42 Å². The van der Waals surface area contributed by atoms with Crippen molar-refractivity contribution < 1.29 is 13.2 Å². The molecule has 7 nitrogen and oxygen atoms in total. The van der Waals surface area contributed by atoms with Gasteiger partial charge in [0, 0.05) is 12.2 Å². The van der Waals surface area contributed by atoms with Gasteiger partial charge in [0.05, 0.1) is 22.2 Å². The van der Waals surface area contributed by atoms with Gasteiger partial charge in [0.1, 0.15) is 6.04 Å². The summed E-state index contributed by atoms with van der Waals surface area (Å²) < 4.78 is 28.1. The van der Waals surface area contributed by atoms with Gasteiger partial charge in [-0.15, -0.1) is 0 Å². The van der Waals surface area contributed by atoms with Gasteiger partial charge in [0.2, 0.25) is 15.9 Å². The second-order valence-corrected chi connectivity index (χ2v) is 9.21. The first-order chi connectivity index (χ1) is 13.2. The van der Waals surface area contributed by atoms with E-state index < -0.39 is 22.0 Å². The van der Waals surface area contributed by atoms with Gasteiger partial charge < -0.3 is 5.32 Å². The third kappa shape index (κ3) is 3.95. The summed E-state index contributed by atoms with van der Waals surface area (Å²) in [5.41, 5.74) is 1.74. The first-order valence-electron chi connectivity index (χ1n) is 8.71. The molecular formula is C19H21N3O4S2. The highest BCUT2D eigenvalue weighted by molar-refractivity contribution is 7.92. The predicted octanol–water partition coefficient (Wildman–Crippen LogP) is 2.88. The van der Waals surface area contributed by atoms with Crippen LogP contribution in [0.4, 0.5) is 11.4 Å². The molecule has 1 heterocycles. The van der Waals surface area contributed by atoms with Crippen LogP contribution in [0.5, 0.6) is 0 Å². The fourth-order valence-corrected chi connectivity index (χ4v) is 5.24. The summed E-state index contributed by atoms with van der Waals surface area (Å²) >= 11 is 1.11. The number of rotatable bonds is 6. The highest BCUT2D eigenvalue weighted by Gasteiger charge is 2.29. The molecule has 1 atom stereocenters. The number of carbonyl (C=O) groups excluding carboxylic acids is 1. The van der Waals surface area contributed by atoms with Gasteiger partial charge in [0.25, 0.3) is 0 Å². The number of nitrogens with one attached hydrogen (secondary N) is 1. The van der Waals surface area contributed by atoms with E-state index in [0.29, 0.717) is 17.9 Å². The Bertz CT molecular complexity index is 1170. The van der Waals surface area contributed by atoms with Crippen molar-refractivity contribution in [3.63, 3.8) is 0 Å². The smallest absolute Gasteiger partial charge is 0.308 e. The molecule has 148 valence electrons. The van der Waals surface area contributed by atoms with Crippen LogP contribution in [0.15, 0.2) is 53.3 Å². The Morgan fingerprint density at radius 1 is 1.21 bits per heavy atom. The fourth-order valence-electron chi connectivity index (χ4n) is 3.07. The van der Waals surface area contributed by atoms with E-state index in [9.17, 15) is 18.0 Å². The van der Waals surface area contributed by atoms with Crippen LogP contribution in [-0.2, 0) is 21.4 Å². The van der Waals surface area contributed by atoms with Gasteiger partial charge in [-0.2, -0.15) is 0 Å². The third-order valence-electron chi connectivity index (χ3n) is 4.35. The number of amides is 1. The number of benzene rings is 2. The molecule has 0 aliphatic heterocycles. The Morgan fingerprint density at radius 2 is 1.89 bits per heavy atom. The second-order valence-electron chi connectivity index (χ2n) is 6.35. The Kier molecular flexibility index (Phi) is 5.57. The highest BCUT2D eigenvalue weighted by atomic mass is 32.2. The molecule has 1 N–H and O–H groups in total. The number of anilines is 2. The Balaban J connectivity index is 1.89. The van der Waals surface area contributed by atoms with Crippen LogP contribution in [0.3, 0.4) is 0 Å². The van der Waals surface area contributed by atoms with Crippen molar-refractivity contribution in [2.75, 3.05) is 15.9 Å². The number of hydrogen-bond donors (Lipinski definition) is 1. The summed E-state index contributed by atoms with van der Waals surface area (Å²) in [7, 11) is -3.66. The number of fused-ring (bicyclic) bond motifs is 1. The van der Waals surface area contributed by atoms with Gasteiger partial charge in [-0.05, 0) is 44.2 Å². The molecule has 0 aliphatic carbocycles. The van der Waals surface area contributed by atoms with Gasteiger partial charge in [-0.1, -0.05) is 29.5 Å². The van der Waals surface area contributed by atoms with Crippen LogP contribution in [0.25, 0.3) is 10.2 Å². The standard InChI is InChI=1S/C19H21N3O4S2/c1-4-21-16-11-10-14(12-17(16)27-19(21)24)20-18(23)13(2)22(28(3,25)26)15-8-6-5-7-9-15/h5-13H,4H2,1-3H3,(H,20,23)/t13-/m1/s1. The van der Waals surface area contributed by atoms with Crippen molar-refractivity contribution in [3.05, 3.63) is 58.2 Å². The molecule has 3 rings (SSSR count). The molecule has 0 aliphatic rings. The van der Waals surface area contributed by atoms with E-state index in [1.807, 2.05) is 6.92 Å². The first kappa shape index (κ1) is 20.1. The van der Waals surface area contributed by atoms with Crippen LogP contribution in [0.1, 0.15) is 13.8 Å². The quantitative estimate of drug-likeness (QED) is 0.665. The lowest BCUT2D eigenvalue weighted by Crippen LogP contribution is -2.45. The van der Waals surface area contributed by atoms with Crippen molar-refractivity contribution in [1.29, 1.82) is 0 Å². The molecule has 0 radical (unpaired) electrons. The van der Waals surface area contributed by atoms with Crippen LogP contribution >= 0.6 is 11.3 Å². The number of sulfonamides is 1. The maximum absolute atomic E-state index is 12.8. The number of aromatic nitrogens is 1. The Hall–Kier alpha value is -2.65. The minimum atomic E-state index is -3.66. The Morgan fingerprint density at radius 3 is 2.50 bits per heavy atom. The van der Waals surface area contributed by atoms with Gasteiger partial charge in [-0.3, -0.25) is 18.5 Å². The second kappa shape index (κ2) is 7.76. The number of para-hydroxylation sites is 1. The summed E-state index contributed by atoms with van der Waals surface area (Å²) in [5, 5.41) is 2.75. The third-order valence-corrected chi connectivity index (χ3v) is 6.53. The summed E-state index contributed by atoms with van der Waals surface area (Å²) in [4.78, 5) is 24.7. The lowest BCUT2D eigenvalue weighted by Gasteiger charge is -2.28. The highest BCUT2D eigenvalue weighted by Crippen LogP contribution is 2.24. The van der Waals surface area contributed by atoms with Gasteiger partial charge >= 0.3 is 4.87 Å². The number of carbonyl (C=O) groups is 1. The van der Waals surface area contributed by atoms with E-state index in [1.54, 1.807) is 53.1 Å². The van der Waals surface area contributed by atoms with E-state index in [0.717, 1.165) is 32.1 Å². The predicted molar refractivity (Wildman–Crippen MR) is 114 cm³/mol.